The van der Waals surface area contributed by atoms with Crippen molar-refractivity contribution in [2.24, 2.45) is 0 Å². The van der Waals surface area contributed by atoms with E-state index in [0.717, 1.165) is 11.3 Å². The molecule has 0 aliphatic rings. The minimum absolute atomic E-state index is 0.293. The molecule has 5 nitrogen and oxygen atoms in total. The number of rotatable bonds is 7. The number of hydrogen-bond donors (Lipinski definition) is 1. The molecule has 1 N–H and O–H groups in total. The van der Waals surface area contributed by atoms with E-state index in [0.29, 0.717) is 36.6 Å². The number of carbonyl (C=O) groups is 1. The summed E-state index contributed by atoms with van der Waals surface area (Å²) in [6.45, 7) is 4.76. The van der Waals surface area contributed by atoms with Crippen LogP contribution < -0.4 is 10.1 Å². The van der Waals surface area contributed by atoms with Crippen LogP contribution in [0.25, 0.3) is 0 Å². The number of halogens is 1. The van der Waals surface area contributed by atoms with E-state index in [-0.39, 0.29) is 5.91 Å². The van der Waals surface area contributed by atoms with Crippen LogP contribution >= 0.6 is 0 Å². The zero-order chi connectivity index (χ0) is 19.2. The molecule has 1 heterocycles. The van der Waals surface area contributed by atoms with Crippen LogP contribution in [-0.4, -0.2) is 22.3 Å². The van der Waals surface area contributed by atoms with Crippen molar-refractivity contribution in [1.29, 1.82) is 0 Å². The Labute approximate surface area is 157 Å². The number of nitrogens with one attached hydrogen (secondary N) is 1. The highest BCUT2D eigenvalue weighted by molar-refractivity contribution is 6.05. The Morgan fingerprint density at radius 3 is 2.67 bits per heavy atom. The van der Waals surface area contributed by atoms with Crippen LogP contribution in [0.15, 0.2) is 54.7 Å². The first kappa shape index (κ1) is 18.6. The molecule has 0 unspecified atom stereocenters. The van der Waals surface area contributed by atoms with Crippen LogP contribution in [0.3, 0.4) is 0 Å². The molecule has 0 aliphatic heterocycles. The van der Waals surface area contributed by atoms with Gasteiger partial charge >= 0.3 is 0 Å². The molecule has 6 heteroatoms. The van der Waals surface area contributed by atoms with Gasteiger partial charge in [0, 0.05) is 6.07 Å². The molecule has 1 amide bonds. The molecule has 0 saturated heterocycles. The largest absolute Gasteiger partial charge is 0.492 e. The third-order valence-electron chi connectivity index (χ3n) is 4.20. The predicted octanol–water partition coefficient (Wildman–Crippen LogP) is 4.28. The maximum atomic E-state index is 13.5. The monoisotopic (exact) mass is 367 g/mol. The molecule has 0 atom stereocenters. The highest BCUT2D eigenvalue weighted by Gasteiger charge is 2.18. The fourth-order valence-electron chi connectivity index (χ4n) is 2.93. The lowest BCUT2D eigenvalue weighted by Crippen LogP contribution is -2.15. The van der Waals surface area contributed by atoms with Crippen molar-refractivity contribution in [3.05, 3.63) is 77.4 Å². The zero-order valence-corrected chi connectivity index (χ0v) is 15.4. The first-order valence-electron chi connectivity index (χ1n) is 8.94. The van der Waals surface area contributed by atoms with E-state index >= 15 is 0 Å². The van der Waals surface area contributed by atoms with Crippen molar-refractivity contribution in [3.8, 4) is 5.75 Å². The SMILES string of the molecule is CCOc1cc(F)ccc1NC(=O)c1cnn(Cc2ccccc2)c1CC. The minimum Gasteiger partial charge on any atom is -0.492 e. The second-order valence-electron chi connectivity index (χ2n) is 6.03. The fraction of sp³-hybridized carbons (Fsp3) is 0.238. The van der Waals surface area contributed by atoms with Crippen molar-refractivity contribution in [2.45, 2.75) is 26.8 Å². The molecule has 0 radical (unpaired) electrons. The topological polar surface area (TPSA) is 56.1 Å². The maximum absolute atomic E-state index is 13.5. The van der Waals surface area contributed by atoms with E-state index in [9.17, 15) is 9.18 Å². The number of aromatic nitrogens is 2. The van der Waals surface area contributed by atoms with E-state index in [2.05, 4.69) is 10.4 Å². The standard InChI is InChI=1S/C21H22FN3O2/c1-3-19-17(13-23-25(19)14-15-8-6-5-7-9-15)21(26)24-18-11-10-16(22)12-20(18)27-4-2/h5-13H,3-4,14H2,1-2H3,(H,24,26). The van der Waals surface area contributed by atoms with E-state index in [1.165, 1.54) is 18.2 Å². The lowest BCUT2D eigenvalue weighted by Gasteiger charge is -2.12. The van der Waals surface area contributed by atoms with Gasteiger partial charge in [-0.3, -0.25) is 9.48 Å². The quantitative estimate of drug-likeness (QED) is 0.678. The molecular weight excluding hydrogens is 345 g/mol. The van der Waals surface area contributed by atoms with Crippen LogP contribution in [0.5, 0.6) is 5.75 Å². The molecule has 0 aliphatic carbocycles. The summed E-state index contributed by atoms with van der Waals surface area (Å²) < 4.78 is 20.7. The fourth-order valence-corrected chi connectivity index (χ4v) is 2.93. The van der Waals surface area contributed by atoms with Gasteiger partial charge in [0.25, 0.3) is 5.91 Å². The van der Waals surface area contributed by atoms with Gasteiger partial charge in [0.15, 0.2) is 0 Å². The number of hydrogen-bond acceptors (Lipinski definition) is 3. The average Bonchev–Trinajstić information content (AvgIpc) is 3.07. The van der Waals surface area contributed by atoms with Crippen LogP contribution in [0.1, 0.15) is 35.5 Å². The van der Waals surface area contributed by atoms with Gasteiger partial charge in [-0.1, -0.05) is 37.3 Å². The molecular formula is C21H22FN3O2. The Hall–Kier alpha value is -3.15. The third-order valence-corrected chi connectivity index (χ3v) is 4.20. The summed E-state index contributed by atoms with van der Waals surface area (Å²) in [6, 6.07) is 14.0. The van der Waals surface area contributed by atoms with Crippen molar-refractivity contribution in [2.75, 3.05) is 11.9 Å². The second kappa shape index (κ2) is 8.49. The van der Waals surface area contributed by atoms with Crippen LogP contribution in [0.2, 0.25) is 0 Å². The minimum atomic E-state index is -0.415. The molecule has 0 saturated carbocycles. The van der Waals surface area contributed by atoms with Gasteiger partial charge in [0.1, 0.15) is 11.6 Å². The number of benzene rings is 2. The molecule has 3 aromatic rings. The van der Waals surface area contributed by atoms with Gasteiger partial charge in [0.05, 0.1) is 36.3 Å². The first-order valence-corrected chi connectivity index (χ1v) is 8.94. The molecule has 140 valence electrons. The summed E-state index contributed by atoms with van der Waals surface area (Å²) in [7, 11) is 0. The molecule has 2 aromatic carbocycles. The van der Waals surface area contributed by atoms with Crippen molar-refractivity contribution in [3.63, 3.8) is 0 Å². The van der Waals surface area contributed by atoms with Gasteiger partial charge < -0.3 is 10.1 Å². The molecule has 1 aromatic heterocycles. The Bertz CT molecular complexity index is 922. The smallest absolute Gasteiger partial charge is 0.259 e. The normalized spacial score (nSPS) is 10.6. The van der Waals surface area contributed by atoms with E-state index in [1.54, 1.807) is 13.1 Å². The van der Waals surface area contributed by atoms with Gasteiger partial charge in [-0.2, -0.15) is 5.10 Å². The van der Waals surface area contributed by atoms with Crippen LogP contribution in [0, 0.1) is 5.82 Å². The summed E-state index contributed by atoms with van der Waals surface area (Å²) >= 11 is 0. The Morgan fingerprint density at radius 1 is 1.19 bits per heavy atom. The molecule has 0 spiro atoms. The number of carbonyl (C=O) groups excluding carboxylic acids is 1. The van der Waals surface area contributed by atoms with Gasteiger partial charge in [0.2, 0.25) is 0 Å². The van der Waals surface area contributed by atoms with E-state index in [1.807, 2.05) is 41.9 Å². The van der Waals surface area contributed by atoms with Gasteiger partial charge in [-0.15, -0.1) is 0 Å². The molecule has 0 bridgehead atoms. The predicted molar refractivity (Wildman–Crippen MR) is 103 cm³/mol. The van der Waals surface area contributed by atoms with E-state index < -0.39 is 5.82 Å². The Kier molecular flexibility index (Phi) is 5.86. The van der Waals surface area contributed by atoms with Crippen LogP contribution in [-0.2, 0) is 13.0 Å². The molecule has 0 fully saturated rings. The Balaban J connectivity index is 1.83. The summed E-state index contributed by atoms with van der Waals surface area (Å²) in [4.78, 5) is 12.8. The average molecular weight is 367 g/mol. The number of amides is 1. The number of nitrogens with zero attached hydrogens (tertiary/aromatic N) is 2. The zero-order valence-electron chi connectivity index (χ0n) is 15.4. The van der Waals surface area contributed by atoms with E-state index in [4.69, 9.17) is 4.74 Å². The van der Waals surface area contributed by atoms with Crippen molar-refractivity contribution >= 4 is 11.6 Å². The first-order chi connectivity index (χ1) is 13.1. The summed E-state index contributed by atoms with van der Waals surface area (Å²) in [6.07, 6.45) is 2.23. The lowest BCUT2D eigenvalue weighted by atomic mass is 10.1. The van der Waals surface area contributed by atoms with Crippen LogP contribution in [0.4, 0.5) is 10.1 Å². The highest BCUT2D eigenvalue weighted by Crippen LogP contribution is 2.26. The number of anilines is 1. The summed E-state index contributed by atoms with van der Waals surface area (Å²) in [5.74, 6) is -0.402. The Morgan fingerprint density at radius 2 is 1.96 bits per heavy atom. The second-order valence-corrected chi connectivity index (χ2v) is 6.03. The maximum Gasteiger partial charge on any atom is 0.259 e. The number of ether oxygens (including phenoxy) is 1. The van der Waals surface area contributed by atoms with Gasteiger partial charge in [-0.25, -0.2) is 4.39 Å². The van der Waals surface area contributed by atoms with Gasteiger partial charge in [-0.05, 0) is 31.0 Å². The van der Waals surface area contributed by atoms with Crippen molar-refractivity contribution < 1.29 is 13.9 Å². The molecule has 27 heavy (non-hydrogen) atoms. The lowest BCUT2D eigenvalue weighted by molar-refractivity contribution is 0.102. The third kappa shape index (κ3) is 4.34. The summed E-state index contributed by atoms with van der Waals surface area (Å²) in [5.41, 5.74) is 2.89. The highest BCUT2D eigenvalue weighted by atomic mass is 19.1. The molecule has 3 rings (SSSR count). The summed E-state index contributed by atoms with van der Waals surface area (Å²) in [5, 5.41) is 7.19. The van der Waals surface area contributed by atoms with Crippen molar-refractivity contribution in [1.82, 2.24) is 9.78 Å².